The Morgan fingerprint density at radius 3 is 2.19 bits per heavy atom. The number of benzene rings is 3. The summed E-state index contributed by atoms with van der Waals surface area (Å²) in [7, 11) is -3.33. The van der Waals surface area contributed by atoms with Gasteiger partial charge < -0.3 is 4.74 Å². The standard InChI is InChI=1S/C28H32F3NO3S/c1-27(2,23-11-5-4-6-12-23)21-32(20-22-10-7-13-24(18-22)28(29,30)31)16-9-17-35-25-14-8-15-26(19-25)36(3,33)34/h4-8,10-15,18-19H,9,16-17,20-21H2,1-3H3. The second kappa shape index (κ2) is 11.5. The van der Waals surface area contributed by atoms with Gasteiger partial charge in [0.05, 0.1) is 17.1 Å². The van der Waals surface area contributed by atoms with Gasteiger partial charge in [-0.05, 0) is 41.8 Å². The fourth-order valence-electron chi connectivity index (χ4n) is 4.13. The van der Waals surface area contributed by atoms with Crippen molar-refractivity contribution in [1.29, 1.82) is 0 Å². The summed E-state index contributed by atoms with van der Waals surface area (Å²) in [4.78, 5) is 2.33. The number of halogens is 3. The van der Waals surface area contributed by atoms with Crippen molar-refractivity contribution in [3.63, 3.8) is 0 Å². The molecule has 0 radical (unpaired) electrons. The van der Waals surface area contributed by atoms with Crippen LogP contribution in [0.3, 0.4) is 0 Å². The number of hydrogen-bond acceptors (Lipinski definition) is 4. The van der Waals surface area contributed by atoms with Crippen molar-refractivity contribution in [3.05, 3.63) is 95.6 Å². The topological polar surface area (TPSA) is 46.6 Å². The maximum atomic E-state index is 13.2. The van der Waals surface area contributed by atoms with Gasteiger partial charge in [-0.3, -0.25) is 4.90 Å². The van der Waals surface area contributed by atoms with Crippen molar-refractivity contribution in [2.45, 2.75) is 43.3 Å². The van der Waals surface area contributed by atoms with Crippen molar-refractivity contribution in [3.8, 4) is 5.75 Å². The molecule has 0 aliphatic heterocycles. The molecular weight excluding hydrogens is 487 g/mol. The molecule has 3 aromatic carbocycles. The van der Waals surface area contributed by atoms with Gasteiger partial charge >= 0.3 is 6.18 Å². The normalized spacial score (nSPS) is 12.6. The molecule has 0 atom stereocenters. The van der Waals surface area contributed by atoms with Crippen LogP contribution < -0.4 is 4.74 Å². The van der Waals surface area contributed by atoms with Crippen molar-refractivity contribution < 1.29 is 26.3 Å². The van der Waals surface area contributed by atoms with Crippen LogP contribution in [0, 0.1) is 0 Å². The fraction of sp³-hybridized carbons (Fsp3) is 0.357. The molecule has 3 rings (SSSR count). The SMILES string of the molecule is CC(C)(CN(CCCOc1cccc(S(C)(=O)=O)c1)Cc1cccc(C(F)(F)F)c1)c1ccccc1. The quantitative estimate of drug-likeness (QED) is 0.277. The minimum absolute atomic E-state index is 0.191. The van der Waals surface area contributed by atoms with E-state index in [4.69, 9.17) is 4.74 Å². The Morgan fingerprint density at radius 1 is 0.861 bits per heavy atom. The van der Waals surface area contributed by atoms with Gasteiger partial charge in [-0.1, -0.05) is 68.4 Å². The third-order valence-electron chi connectivity index (χ3n) is 5.96. The number of ether oxygens (including phenoxy) is 1. The lowest BCUT2D eigenvalue weighted by Gasteiger charge is -2.33. The Labute approximate surface area is 211 Å². The zero-order valence-electron chi connectivity index (χ0n) is 20.8. The molecule has 0 aliphatic rings. The van der Waals surface area contributed by atoms with E-state index in [1.807, 2.05) is 18.2 Å². The molecule has 0 saturated carbocycles. The Morgan fingerprint density at radius 2 is 1.53 bits per heavy atom. The molecule has 8 heteroatoms. The smallest absolute Gasteiger partial charge is 0.416 e. The molecule has 0 N–H and O–H groups in total. The Kier molecular flexibility index (Phi) is 8.84. The first kappa shape index (κ1) is 27.7. The molecule has 4 nitrogen and oxygen atoms in total. The van der Waals surface area contributed by atoms with Crippen molar-refractivity contribution in [2.75, 3.05) is 26.0 Å². The summed E-state index contributed by atoms with van der Waals surface area (Å²) < 4.78 is 69.1. The summed E-state index contributed by atoms with van der Waals surface area (Å²) in [6.45, 7) is 6.18. The van der Waals surface area contributed by atoms with Crippen LogP contribution in [0.25, 0.3) is 0 Å². The largest absolute Gasteiger partial charge is 0.494 e. The summed E-state index contributed by atoms with van der Waals surface area (Å²) in [5.41, 5.74) is 0.854. The van der Waals surface area contributed by atoms with Crippen molar-refractivity contribution in [2.24, 2.45) is 0 Å². The van der Waals surface area contributed by atoms with E-state index in [9.17, 15) is 21.6 Å². The molecule has 0 saturated heterocycles. The molecule has 0 unspecified atom stereocenters. The monoisotopic (exact) mass is 519 g/mol. The Bertz CT molecular complexity index is 1240. The van der Waals surface area contributed by atoms with Gasteiger partial charge in [-0.2, -0.15) is 13.2 Å². The van der Waals surface area contributed by atoms with Crippen LogP contribution in [0.5, 0.6) is 5.75 Å². The second-order valence-corrected chi connectivity index (χ2v) is 11.6. The van der Waals surface area contributed by atoms with Crippen LogP contribution in [0.4, 0.5) is 13.2 Å². The van der Waals surface area contributed by atoms with Crippen molar-refractivity contribution in [1.82, 2.24) is 4.90 Å². The average molecular weight is 520 g/mol. The highest BCUT2D eigenvalue weighted by Gasteiger charge is 2.31. The molecule has 0 spiro atoms. The molecule has 0 fully saturated rings. The van der Waals surface area contributed by atoms with Gasteiger partial charge in [0, 0.05) is 31.3 Å². The summed E-state index contributed by atoms with van der Waals surface area (Å²) in [5.74, 6) is 0.465. The van der Waals surface area contributed by atoms with E-state index in [2.05, 4.69) is 30.9 Å². The van der Waals surface area contributed by atoms with Gasteiger partial charge in [0.25, 0.3) is 0 Å². The maximum absolute atomic E-state index is 13.2. The van der Waals surface area contributed by atoms with Crippen LogP contribution in [-0.4, -0.2) is 39.3 Å². The van der Waals surface area contributed by atoms with Crippen LogP contribution in [0.1, 0.15) is 37.0 Å². The molecule has 36 heavy (non-hydrogen) atoms. The number of hydrogen-bond donors (Lipinski definition) is 0. The number of alkyl halides is 3. The second-order valence-electron chi connectivity index (χ2n) is 9.61. The predicted molar refractivity (Wildman–Crippen MR) is 136 cm³/mol. The first-order valence-electron chi connectivity index (χ1n) is 11.7. The van der Waals surface area contributed by atoms with E-state index in [-0.39, 0.29) is 10.3 Å². The van der Waals surface area contributed by atoms with E-state index in [0.29, 0.717) is 44.0 Å². The van der Waals surface area contributed by atoms with Gasteiger partial charge in [0.15, 0.2) is 9.84 Å². The average Bonchev–Trinajstić information content (AvgIpc) is 2.81. The molecular formula is C28H32F3NO3S. The minimum atomic E-state index is -4.39. The van der Waals surface area contributed by atoms with E-state index in [1.165, 1.54) is 24.3 Å². The maximum Gasteiger partial charge on any atom is 0.416 e. The number of nitrogens with zero attached hydrogens (tertiary/aromatic N) is 1. The summed E-state index contributed by atoms with van der Waals surface area (Å²) >= 11 is 0. The van der Waals surface area contributed by atoms with Gasteiger partial charge in [0.1, 0.15) is 5.75 Å². The molecule has 3 aromatic rings. The highest BCUT2D eigenvalue weighted by atomic mass is 32.2. The van der Waals surface area contributed by atoms with Gasteiger partial charge in [0.2, 0.25) is 0 Å². The first-order chi connectivity index (χ1) is 16.8. The summed E-state index contributed by atoms with van der Waals surface area (Å²) in [6.07, 6.45) is -2.63. The number of sulfone groups is 1. The molecule has 194 valence electrons. The lowest BCUT2D eigenvalue weighted by atomic mass is 9.84. The first-order valence-corrected chi connectivity index (χ1v) is 13.6. The fourth-order valence-corrected chi connectivity index (χ4v) is 4.79. The molecule has 0 bridgehead atoms. The molecule has 0 aliphatic carbocycles. The zero-order valence-corrected chi connectivity index (χ0v) is 21.6. The predicted octanol–water partition coefficient (Wildman–Crippen LogP) is 6.36. The van der Waals surface area contributed by atoms with E-state index < -0.39 is 21.6 Å². The van der Waals surface area contributed by atoms with Crippen molar-refractivity contribution >= 4 is 9.84 Å². The Hall–Kier alpha value is -2.84. The molecule has 0 amide bonds. The van der Waals surface area contributed by atoms with Crippen LogP contribution in [0.15, 0.2) is 83.8 Å². The van der Waals surface area contributed by atoms with Crippen LogP contribution in [0.2, 0.25) is 0 Å². The van der Waals surface area contributed by atoms with Crippen LogP contribution in [-0.2, 0) is 28.0 Å². The Balaban J connectivity index is 1.71. The van der Waals surface area contributed by atoms with Gasteiger partial charge in [-0.15, -0.1) is 0 Å². The van der Waals surface area contributed by atoms with E-state index in [1.54, 1.807) is 18.2 Å². The number of rotatable bonds is 11. The summed E-state index contributed by atoms with van der Waals surface area (Å²) in [5, 5.41) is 0. The molecule has 0 heterocycles. The molecule has 0 aromatic heterocycles. The highest BCUT2D eigenvalue weighted by Crippen LogP contribution is 2.30. The zero-order chi connectivity index (χ0) is 26.4. The van der Waals surface area contributed by atoms with Gasteiger partial charge in [-0.25, -0.2) is 8.42 Å². The van der Waals surface area contributed by atoms with E-state index in [0.717, 1.165) is 17.9 Å². The lowest BCUT2D eigenvalue weighted by Crippen LogP contribution is -2.37. The third kappa shape index (κ3) is 8.10. The minimum Gasteiger partial charge on any atom is -0.494 e. The van der Waals surface area contributed by atoms with Crippen LogP contribution >= 0.6 is 0 Å². The lowest BCUT2D eigenvalue weighted by molar-refractivity contribution is -0.137. The third-order valence-corrected chi connectivity index (χ3v) is 7.07. The highest BCUT2D eigenvalue weighted by molar-refractivity contribution is 7.90. The summed E-state index contributed by atoms with van der Waals surface area (Å²) in [6, 6.07) is 21.8. The van der Waals surface area contributed by atoms with E-state index >= 15 is 0 Å².